The highest BCUT2D eigenvalue weighted by Crippen LogP contribution is 2.27. The summed E-state index contributed by atoms with van der Waals surface area (Å²) in [6, 6.07) is 14.9. The summed E-state index contributed by atoms with van der Waals surface area (Å²) < 4.78 is 4.33. The van der Waals surface area contributed by atoms with E-state index >= 15 is 0 Å². The Balaban J connectivity index is 2.05. The fourth-order valence-electron chi connectivity index (χ4n) is 3.12. The molecule has 0 atom stereocenters. The van der Waals surface area contributed by atoms with Gasteiger partial charge in [0.15, 0.2) is 6.20 Å². The fourth-order valence-corrected chi connectivity index (χ4v) is 3.12. The Morgan fingerprint density at radius 1 is 1.05 bits per heavy atom. The third-order valence-corrected chi connectivity index (χ3v) is 4.21. The van der Waals surface area contributed by atoms with Crippen LogP contribution in [-0.2, 0) is 7.05 Å². The van der Waals surface area contributed by atoms with Gasteiger partial charge < -0.3 is 0 Å². The Morgan fingerprint density at radius 3 is 2.73 bits per heavy atom. The molecule has 108 valence electrons. The van der Waals surface area contributed by atoms with E-state index in [2.05, 4.69) is 66.5 Å². The fraction of sp³-hybridized carbons (Fsp3) is 0.158. The maximum absolute atomic E-state index is 4.70. The topological polar surface area (TPSA) is 21.2 Å². The zero-order chi connectivity index (χ0) is 15.3. The van der Waals surface area contributed by atoms with Crippen LogP contribution < -0.4 is 4.57 Å². The highest BCUT2D eigenvalue weighted by molar-refractivity contribution is 5.86. The molecule has 0 unspecified atom stereocenters. The molecule has 0 N–H and O–H groups in total. The number of hydrogen-bond donors (Lipinski definition) is 0. The van der Waals surface area contributed by atoms with Crippen molar-refractivity contribution in [2.24, 2.45) is 7.05 Å². The van der Waals surface area contributed by atoms with Crippen LogP contribution in [-0.4, -0.2) is 9.38 Å². The molecule has 22 heavy (non-hydrogen) atoms. The summed E-state index contributed by atoms with van der Waals surface area (Å²) in [5.41, 5.74) is 8.16. The molecule has 0 fully saturated rings. The third kappa shape index (κ3) is 1.90. The Hall–Kier alpha value is -2.68. The molecule has 0 aliphatic carbocycles. The first-order valence-corrected chi connectivity index (χ1v) is 7.47. The van der Waals surface area contributed by atoms with Gasteiger partial charge in [-0.05, 0) is 49.7 Å². The van der Waals surface area contributed by atoms with Gasteiger partial charge in [-0.15, -0.1) is 0 Å². The second kappa shape index (κ2) is 4.67. The first-order chi connectivity index (χ1) is 10.6. The van der Waals surface area contributed by atoms with E-state index in [1.807, 2.05) is 18.2 Å². The lowest BCUT2D eigenvalue weighted by Gasteiger charge is -2.06. The zero-order valence-corrected chi connectivity index (χ0v) is 13.0. The third-order valence-electron chi connectivity index (χ3n) is 4.21. The average Bonchev–Trinajstić information content (AvgIpc) is 2.84. The summed E-state index contributed by atoms with van der Waals surface area (Å²) in [5.74, 6) is 0. The Labute approximate surface area is 129 Å². The Morgan fingerprint density at radius 2 is 1.91 bits per heavy atom. The molecular weight excluding hydrogens is 270 g/mol. The van der Waals surface area contributed by atoms with Gasteiger partial charge in [-0.1, -0.05) is 6.07 Å². The number of imidazole rings is 1. The van der Waals surface area contributed by atoms with Crippen molar-refractivity contribution in [1.29, 1.82) is 0 Å². The lowest BCUT2D eigenvalue weighted by atomic mass is 10.0. The number of pyridine rings is 2. The van der Waals surface area contributed by atoms with Crippen LogP contribution in [0.5, 0.6) is 0 Å². The lowest BCUT2D eigenvalue weighted by Crippen LogP contribution is -2.31. The molecule has 4 rings (SSSR count). The van der Waals surface area contributed by atoms with E-state index in [-0.39, 0.29) is 0 Å². The van der Waals surface area contributed by atoms with Gasteiger partial charge in [0, 0.05) is 17.8 Å². The van der Waals surface area contributed by atoms with Crippen molar-refractivity contribution >= 4 is 16.7 Å². The normalized spacial score (nSPS) is 11.4. The van der Waals surface area contributed by atoms with Crippen LogP contribution in [0.4, 0.5) is 0 Å². The molecular formula is C19H18N3+. The van der Waals surface area contributed by atoms with Crippen molar-refractivity contribution in [2.45, 2.75) is 13.8 Å². The summed E-state index contributed by atoms with van der Waals surface area (Å²) in [6.45, 7) is 4.27. The van der Waals surface area contributed by atoms with E-state index in [1.165, 1.54) is 22.4 Å². The van der Waals surface area contributed by atoms with Crippen molar-refractivity contribution in [1.82, 2.24) is 9.38 Å². The maximum atomic E-state index is 4.70. The van der Waals surface area contributed by atoms with Crippen LogP contribution in [0.25, 0.3) is 27.9 Å². The van der Waals surface area contributed by atoms with Gasteiger partial charge in [-0.25, -0.2) is 9.55 Å². The van der Waals surface area contributed by atoms with Gasteiger partial charge in [-0.2, -0.15) is 0 Å². The van der Waals surface area contributed by atoms with Gasteiger partial charge in [0.05, 0.1) is 16.6 Å². The van der Waals surface area contributed by atoms with Crippen molar-refractivity contribution in [3.8, 4) is 11.3 Å². The van der Waals surface area contributed by atoms with Gasteiger partial charge >= 0.3 is 0 Å². The summed E-state index contributed by atoms with van der Waals surface area (Å²) in [6.07, 6.45) is 4.23. The molecule has 0 aliphatic rings. The second-order valence-electron chi connectivity index (χ2n) is 5.90. The van der Waals surface area contributed by atoms with Gasteiger partial charge in [0.25, 0.3) is 0 Å². The average molecular weight is 288 g/mol. The molecule has 0 saturated carbocycles. The number of aromatic nitrogens is 3. The van der Waals surface area contributed by atoms with E-state index in [0.717, 1.165) is 16.7 Å². The van der Waals surface area contributed by atoms with Crippen molar-refractivity contribution < 1.29 is 4.57 Å². The zero-order valence-electron chi connectivity index (χ0n) is 13.0. The Bertz CT molecular complexity index is 1010. The molecule has 1 aromatic carbocycles. The number of nitrogens with zero attached hydrogens (tertiary/aromatic N) is 3. The molecule has 3 heteroatoms. The monoisotopic (exact) mass is 288 g/mol. The predicted molar refractivity (Wildman–Crippen MR) is 88.8 cm³/mol. The highest BCUT2D eigenvalue weighted by Gasteiger charge is 2.15. The predicted octanol–water partition coefficient (Wildman–Crippen LogP) is 3.60. The molecule has 4 aromatic rings. The Kier molecular flexibility index (Phi) is 2.76. The van der Waals surface area contributed by atoms with Crippen LogP contribution in [0.3, 0.4) is 0 Å². The minimum Gasteiger partial charge on any atom is -0.300 e. The molecule has 3 nitrogen and oxygen atoms in total. The van der Waals surface area contributed by atoms with Gasteiger partial charge in [0.1, 0.15) is 12.7 Å². The number of aryl methyl sites for hydroxylation is 3. The molecule has 0 amide bonds. The van der Waals surface area contributed by atoms with Gasteiger partial charge in [-0.3, -0.25) is 4.40 Å². The molecule has 0 spiro atoms. The van der Waals surface area contributed by atoms with Crippen LogP contribution in [0, 0.1) is 13.8 Å². The second-order valence-corrected chi connectivity index (χ2v) is 5.90. The minimum absolute atomic E-state index is 0.988. The van der Waals surface area contributed by atoms with Gasteiger partial charge in [0.2, 0.25) is 5.69 Å². The molecule has 0 bridgehead atoms. The molecule has 3 heterocycles. The largest absolute Gasteiger partial charge is 0.300 e. The quantitative estimate of drug-likeness (QED) is 0.490. The standard InChI is InChI=1S/C19H18N3/c1-13-7-8-17(21(3)12-13)15-11-18-16(10-14(15)2)20-19-6-4-5-9-22(18)19/h4-12H,1-3H3/q+1. The van der Waals surface area contributed by atoms with Crippen molar-refractivity contribution in [2.75, 3.05) is 0 Å². The van der Waals surface area contributed by atoms with E-state index in [9.17, 15) is 0 Å². The van der Waals surface area contributed by atoms with Crippen LogP contribution >= 0.6 is 0 Å². The van der Waals surface area contributed by atoms with E-state index in [1.54, 1.807) is 0 Å². The summed E-state index contributed by atoms with van der Waals surface area (Å²) in [5, 5.41) is 0. The summed E-state index contributed by atoms with van der Waals surface area (Å²) in [7, 11) is 2.10. The number of rotatable bonds is 1. The molecule has 0 saturated heterocycles. The van der Waals surface area contributed by atoms with Crippen molar-refractivity contribution in [3.05, 3.63) is 66.0 Å². The summed E-state index contributed by atoms with van der Waals surface area (Å²) in [4.78, 5) is 4.70. The maximum Gasteiger partial charge on any atom is 0.212 e. The summed E-state index contributed by atoms with van der Waals surface area (Å²) >= 11 is 0. The van der Waals surface area contributed by atoms with Crippen LogP contribution in [0.1, 0.15) is 11.1 Å². The lowest BCUT2D eigenvalue weighted by molar-refractivity contribution is -0.660. The number of fused-ring (bicyclic) bond motifs is 3. The van der Waals surface area contributed by atoms with E-state index in [0.29, 0.717) is 0 Å². The molecule has 3 aromatic heterocycles. The molecule has 0 radical (unpaired) electrons. The first-order valence-electron chi connectivity index (χ1n) is 7.47. The minimum atomic E-state index is 0.988. The number of benzene rings is 1. The van der Waals surface area contributed by atoms with E-state index in [4.69, 9.17) is 4.98 Å². The van der Waals surface area contributed by atoms with Crippen molar-refractivity contribution in [3.63, 3.8) is 0 Å². The smallest absolute Gasteiger partial charge is 0.212 e. The number of hydrogen-bond acceptors (Lipinski definition) is 1. The van der Waals surface area contributed by atoms with E-state index < -0.39 is 0 Å². The van der Waals surface area contributed by atoms with Crippen LogP contribution in [0.15, 0.2) is 54.9 Å². The SMILES string of the molecule is Cc1ccc(-c2cc3c(cc2C)nc2ccccn23)[n+](C)c1. The van der Waals surface area contributed by atoms with Crippen LogP contribution in [0.2, 0.25) is 0 Å². The highest BCUT2D eigenvalue weighted by atomic mass is 15.0. The first kappa shape index (κ1) is 13.0. The molecule has 0 aliphatic heterocycles.